The molecule has 0 fully saturated rings. The summed E-state index contributed by atoms with van der Waals surface area (Å²) in [6, 6.07) is 7.80. The molecule has 1 aromatic heterocycles. The fourth-order valence-electron chi connectivity index (χ4n) is 1.72. The first-order chi connectivity index (χ1) is 10.9. The molecule has 23 heavy (non-hydrogen) atoms. The number of rotatable bonds is 3. The summed E-state index contributed by atoms with van der Waals surface area (Å²) in [5.74, 6) is -0.0401. The number of nitro groups is 1. The third-order valence-electron chi connectivity index (χ3n) is 2.86. The monoisotopic (exact) mass is 442 g/mol. The van der Waals surface area contributed by atoms with Crippen molar-refractivity contribution in [2.75, 3.05) is 5.32 Å². The Morgan fingerprint density at radius 2 is 2.09 bits per heavy atom. The van der Waals surface area contributed by atoms with Gasteiger partial charge in [0.05, 0.1) is 4.92 Å². The summed E-state index contributed by atoms with van der Waals surface area (Å²) in [7, 11) is 0. The number of hydrogen-bond acceptors (Lipinski definition) is 5. The number of aryl methyl sites for hydroxylation is 1. The largest absolute Gasteiger partial charge is 0.317 e. The van der Waals surface area contributed by atoms with Crippen LogP contribution < -0.4 is 10.6 Å². The minimum Gasteiger partial charge on any atom is -0.317 e. The van der Waals surface area contributed by atoms with Gasteiger partial charge >= 0.3 is 0 Å². The Hall–Kier alpha value is -2.14. The molecule has 1 amide bonds. The molecule has 9 heteroatoms. The third kappa shape index (κ3) is 4.66. The molecule has 0 saturated heterocycles. The van der Waals surface area contributed by atoms with E-state index in [2.05, 4.69) is 38.2 Å². The van der Waals surface area contributed by atoms with Crippen LogP contribution in [0.25, 0.3) is 0 Å². The zero-order valence-electron chi connectivity index (χ0n) is 11.9. The number of nitro benzene ring substituents is 1. The second-order valence-electron chi connectivity index (χ2n) is 4.53. The standard InChI is InChI=1S/C14H11IN4O3S/c1-8-2-3-9(6-11(8)19(21)22)13(20)18-14(23)17-12-5-4-10(15)7-16-12/h2-7H,1H3,(H2,16,17,18,20,23). The number of halogens is 1. The fourth-order valence-corrected chi connectivity index (χ4v) is 2.24. The Kier molecular flexibility index (Phi) is 5.55. The molecule has 0 bridgehead atoms. The average molecular weight is 442 g/mol. The Balaban J connectivity index is 2.06. The zero-order valence-corrected chi connectivity index (χ0v) is 14.8. The number of aromatic nitrogens is 1. The maximum atomic E-state index is 12.1. The molecule has 2 aromatic rings. The molecule has 2 N–H and O–H groups in total. The van der Waals surface area contributed by atoms with Crippen LogP contribution >= 0.6 is 34.8 Å². The highest BCUT2D eigenvalue weighted by atomic mass is 127. The minimum absolute atomic E-state index is 0.0620. The molecule has 118 valence electrons. The molecule has 0 aliphatic heterocycles. The number of nitrogens with one attached hydrogen (secondary N) is 2. The van der Waals surface area contributed by atoms with Gasteiger partial charge in [0.2, 0.25) is 0 Å². The van der Waals surface area contributed by atoms with E-state index in [1.807, 2.05) is 6.07 Å². The van der Waals surface area contributed by atoms with Gasteiger partial charge in [0.25, 0.3) is 11.6 Å². The van der Waals surface area contributed by atoms with Crippen LogP contribution in [-0.4, -0.2) is 20.9 Å². The molecule has 1 heterocycles. The molecule has 1 aromatic carbocycles. The van der Waals surface area contributed by atoms with Crippen molar-refractivity contribution in [3.63, 3.8) is 0 Å². The number of benzene rings is 1. The molecule has 2 rings (SSSR count). The number of hydrogen-bond donors (Lipinski definition) is 2. The topological polar surface area (TPSA) is 97.2 Å². The van der Waals surface area contributed by atoms with Gasteiger partial charge in [-0.2, -0.15) is 0 Å². The van der Waals surface area contributed by atoms with Gasteiger partial charge in [0.1, 0.15) is 5.82 Å². The van der Waals surface area contributed by atoms with E-state index in [1.54, 1.807) is 19.2 Å². The number of anilines is 1. The third-order valence-corrected chi connectivity index (χ3v) is 3.71. The predicted octanol–water partition coefficient (Wildman–Crippen LogP) is 3.03. The highest BCUT2D eigenvalue weighted by molar-refractivity contribution is 14.1. The van der Waals surface area contributed by atoms with Gasteiger partial charge < -0.3 is 5.32 Å². The molecular weight excluding hydrogens is 431 g/mol. The molecule has 0 saturated carbocycles. The summed E-state index contributed by atoms with van der Waals surface area (Å²) < 4.78 is 0.968. The smallest absolute Gasteiger partial charge is 0.273 e. The van der Waals surface area contributed by atoms with Crippen molar-refractivity contribution < 1.29 is 9.72 Å². The normalized spacial score (nSPS) is 10.0. The first kappa shape index (κ1) is 17.2. The van der Waals surface area contributed by atoms with Gasteiger partial charge in [-0.05, 0) is 59.9 Å². The van der Waals surface area contributed by atoms with Crippen LogP contribution in [0.3, 0.4) is 0 Å². The number of amides is 1. The molecule has 7 nitrogen and oxygen atoms in total. The van der Waals surface area contributed by atoms with E-state index in [0.29, 0.717) is 11.4 Å². The highest BCUT2D eigenvalue weighted by Gasteiger charge is 2.15. The first-order valence-corrected chi connectivity index (χ1v) is 7.84. The van der Waals surface area contributed by atoms with Gasteiger partial charge in [-0.15, -0.1) is 0 Å². The van der Waals surface area contributed by atoms with Crippen LogP contribution in [-0.2, 0) is 0 Å². The highest BCUT2D eigenvalue weighted by Crippen LogP contribution is 2.19. The molecular formula is C14H11IN4O3S. The summed E-state index contributed by atoms with van der Waals surface area (Å²) >= 11 is 7.16. The van der Waals surface area contributed by atoms with Crippen LogP contribution in [0.2, 0.25) is 0 Å². The van der Waals surface area contributed by atoms with Crippen LogP contribution in [0.1, 0.15) is 15.9 Å². The van der Waals surface area contributed by atoms with Gasteiger partial charge in [-0.25, -0.2) is 4.98 Å². The van der Waals surface area contributed by atoms with Crippen molar-refractivity contribution in [1.29, 1.82) is 0 Å². The Labute approximate surface area is 150 Å². The summed E-state index contributed by atoms with van der Waals surface area (Å²) in [4.78, 5) is 26.6. The number of nitrogens with zero attached hydrogens (tertiary/aromatic N) is 2. The SMILES string of the molecule is Cc1ccc(C(=O)NC(=S)Nc2ccc(I)cn2)cc1[N+](=O)[O-]. The van der Waals surface area contributed by atoms with Crippen molar-refractivity contribution in [1.82, 2.24) is 10.3 Å². The Bertz CT molecular complexity index is 780. The average Bonchev–Trinajstić information content (AvgIpc) is 2.49. The van der Waals surface area contributed by atoms with Crippen molar-refractivity contribution in [3.8, 4) is 0 Å². The zero-order chi connectivity index (χ0) is 17.0. The lowest BCUT2D eigenvalue weighted by Crippen LogP contribution is -2.34. The number of carbonyl (C=O) groups excluding carboxylic acids is 1. The quantitative estimate of drug-likeness (QED) is 0.328. The van der Waals surface area contributed by atoms with Crippen LogP contribution in [0.15, 0.2) is 36.5 Å². The Morgan fingerprint density at radius 3 is 2.70 bits per heavy atom. The number of pyridine rings is 1. The van der Waals surface area contributed by atoms with E-state index < -0.39 is 10.8 Å². The van der Waals surface area contributed by atoms with Gasteiger partial charge in [0.15, 0.2) is 5.11 Å². The fraction of sp³-hybridized carbons (Fsp3) is 0.0714. The van der Waals surface area contributed by atoms with E-state index in [-0.39, 0.29) is 16.4 Å². The molecule has 0 aliphatic carbocycles. The van der Waals surface area contributed by atoms with Gasteiger partial charge in [-0.1, -0.05) is 6.07 Å². The minimum atomic E-state index is -0.531. The van der Waals surface area contributed by atoms with Crippen LogP contribution in [0.4, 0.5) is 11.5 Å². The summed E-state index contributed by atoms with van der Waals surface area (Å²) in [6.45, 7) is 1.61. The van der Waals surface area contributed by atoms with Crippen molar-refractivity contribution in [2.45, 2.75) is 6.92 Å². The van der Waals surface area contributed by atoms with E-state index in [9.17, 15) is 14.9 Å². The predicted molar refractivity (Wildman–Crippen MR) is 98.5 cm³/mol. The number of carbonyl (C=O) groups is 1. The molecule has 0 unspecified atom stereocenters. The first-order valence-electron chi connectivity index (χ1n) is 6.36. The van der Waals surface area contributed by atoms with E-state index in [1.165, 1.54) is 18.2 Å². The maximum Gasteiger partial charge on any atom is 0.273 e. The lowest BCUT2D eigenvalue weighted by molar-refractivity contribution is -0.385. The lowest BCUT2D eigenvalue weighted by Gasteiger charge is -2.09. The molecule has 0 radical (unpaired) electrons. The van der Waals surface area contributed by atoms with Gasteiger partial charge in [0, 0.05) is 27.0 Å². The summed E-state index contributed by atoms with van der Waals surface area (Å²) in [5.41, 5.74) is 0.521. The maximum absolute atomic E-state index is 12.1. The van der Waals surface area contributed by atoms with E-state index in [0.717, 1.165) is 3.57 Å². The van der Waals surface area contributed by atoms with Crippen molar-refractivity contribution >= 4 is 57.3 Å². The van der Waals surface area contributed by atoms with E-state index in [4.69, 9.17) is 12.2 Å². The molecule has 0 atom stereocenters. The number of thiocarbonyl (C=S) groups is 1. The van der Waals surface area contributed by atoms with Crippen molar-refractivity contribution in [3.05, 3.63) is 61.3 Å². The second-order valence-corrected chi connectivity index (χ2v) is 6.18. The summed E-state index contributed by atoms with van der Waals surface area (Å²) in [5, 5.41) is 16.2. The van der Waals surface area contributed by atoms with Crippen molar-refractivity contribution in [2.24, 2.45) is 0 Å². The van der Waals surface area contributed by atoms with Gasteiger partial charge in [-0.3, -0.25) is 20.2 Å². The van der Waals surface area contributed by atoms with Crippen LogP contribution in [0.5, 0.6) is 0 Å². The molecule has 0 aliphatic rings. The van der Waals surface area contributed by atoms with Crippen LogP contribution in [0, 0.1) is 20.6 Å². The lowest BCUT2D eigenvalue weighted by atomic mass is 10.1. The molecule has 0 spiro atoms. The summed E-state index contributed by atoms with van der Waals surface area (Å²) in [6.07, 6.45) is 1.65. The Morgan fingerprint density at radius 1 is 1.35 bits per heavy atom. The van der Waals surface area contributed by atoms with E-state index >= 15 is 0 Å². The second kappa shape index (κ2) is 7.42.